The third-order valence-electron chi connectivity index (χ3n) is 7.54. The van der Waals surface area contributed by atoms with E-state index in [-0.39, 0.29) is 0 Å². The number of hydrogen-bond donors (Lipinski definition) is 2. The molecule has 0 radical (unpaired) electrons. The minimum atomic E-state index is 0.943. The lowest BCUT2D eigenvalue weighted by atomic mass is 9.96. The molecule has 4 heterocycles. The van der Waals surface area contributed by atoms with E-state index in [1.165, 1.54) is 81.9 Å². The van der Waals surface area contributed by atoms with Gasteiger partial charge in [-0.2, -0.15) is 0 Å². The molecule has 0 aromatic carbocycles. The monoisotopic (exact) mass is 443 g/mol. The minimum absolute atomic E-state index is 0.943. The molecule has 0 saturated heterocycles. The molecule has 0 spiro atoms. The topological polar surface area (TPSA) is 43.9 Å². The standard InChI is InChI=1S/C30H41N3/c1-7-11-13-23-19(5)25-15-16-26-20(6)24(14-12-8-2)30(32-26)18-28-22(10-4)21(9-3)27(33-28)17-29(23)31-25/h15-17,32-33H,7-14,18H2,1-6H3/b16-15-,29-17-. The summed E-state index contributed by atoms with van der Waals surface area (Å²) in [4.78, 5) is 12.8. The Balaban J connectivity index is 1.93. The number of hydrogen-bond acceptors (Lipinski definition) is 1. The second-order valence-electron chi connectivity index (χ2n) is 9.65. The first kappa shape index (κ1) is 23.6. The summed E-state index contributed by atoms with van der Waals surface area (Å²) >= 11 is 0. The zero-order valence-corrected chi connectivity index (χ0v) is 21.5. The van der Waals surface area contributed by atoms with Crippen LogP contribution in [0, 0.1) is 6.92 Å². The number of nitrogens with one attached hydrogen (secondary N) is 2. The van der Waals surface area contributed by atoms with Crippen LogP contribution in [0.2, 0.25) is 0 Å². The van der Waals surface area contributed by atoms with Gasteiger partial charge >= 0.3 is 0 Å². The molecule has 2 aromatic heterocycles. The third-order valence-corrected chi connectivity index (χ3v) is 7.54. The number of nitrogens with zero attached hydrogens (tertiary/aromatic N) is 1. The molecule has 2 N–H and O–H groups in total. The number of rotatable bonds is 8. The van der Waals surface area contributed by atoms with Crippen molar-refractivity contribution in [3.05, 3.63) is 67.9 Å². The first-order chi connectivity index (χ1) is 16.0. The second kappa shape index (κ2) is 10.2. The van der Waals surface area contributed by atoms with Crippen LogP contribution in [0.15, 0.2) is 27.9 Å². The number of aromatic nitrogens is 2. The number of aromatic amines is 2. The Morgan fingerprint density at radius 2 is 1.45 bits per heavy atom. The number of unbranched alkanes of at least 4 members (excludes halogenated alkanes) is 2. The molecule has 176 valence electrons. The summed E-state index contributed by atoms with van der Waals surface area (Å²) in [5, 5.41) is 0. The van der Waals surface area contributed by atoms with Crippen LogP contribution >= 0.6 is 0 Å². The minimum Gasteiger partial charge on any atom is -0.358 e. The Morgan fingerprint density at radius 3 is 2.15 bits per heavy atom. The van der Waals surface area contributed by atoms with Crippen LogP contribution in [0.5, 0.6) is 0 Å². The van der Waals surface area contributed by atoms with E-state index >= 15 is 0 Å². The van der Waals surface area contributed by atoms with E-state index in [1.54, 1.807) is 0 Å². The Hall–Kier alpha value is -2.55. The Labute approximate surface area is 200 Å². The van der Waals surface area contributed by atoms with Crippen LogP contribution < -0.4 is 0 Å². The van der Waals surface area contributed by atoms with Gasteiger partial charge in [-0.15, -0.1) is 0 Å². The van der Waals surface area contributed by atoms with Gasteiger partial charge in [0.05, 0.1) is 11.4 Å². The molecule has 0 fully saturated rings. The quantitative estimate of drug-likeness (QED) is 0.415. The molecule has 2 aliphatic heterocycles. The van der Waals surface area contributed by atoms with Crippen molar-refractivity contribution in [3.63, 3.8) is 0 Å². The number of allylic oxidation sites excluding steroid dienone is 3. The second-order valence-corrected chi connectivity index (χ2v) is 9.65. The van der Waals surface area contributed by atoms with Gasteiger partial charge in [0.2, 0.25) is 0 Å². The summed E-state index contributed by atoms with van der Waals surface area (Å²) < 4.78 is 0. The lowest BCUT2D eigenvalue weighted by Gasteiger charge is -2.07. The highest BCUT2D eigenvalue weighted by Gasteiger charge is 2.23. The van der Waals surface area contributed by atoms with E-state index < -0.39 is 0 Å². The first-order valence-corrected chi connectivity index (χ1v) is 13.1. The average molecular weight is 444 g/mol. The third kappa shape index (κ3) is 4.47. The summed E-state index contributed by atoms with van der Waals surface area (Å²) in [6.45, 7) is 13.7. The zero-order chi connectivity index (χ0) is 23.5. The molecular formula is C30H41N3. The van der Waals surface area contributed by atoms with Gasteiger partial charge in [0.15, 0.2) is 0 Å². The molecule has 33 heavy (non-hydrogen) atoms. The van der Waals surface area contributed by atoms with E-state index in [0.717, 1.165) is 43.5 Å². The van der Waals surface area contributed by atoms with Crippen molar-refractivity contribution in [3.8, 4) is 0 Å². The summed E-state index contributed by atoms with van der Waals surface area (Å²) in [5.41, 5.74) is 16.1. The van der Waals surface area contributed by atoms with Gasteiger partial charge in [-0.05, 0) is 104 Å². The highest BCUT2D eigenvalue weighted by Crippen LogP contribution is 2.35. The highest BCUT2D eigenvalue weighted by atomic mass is 14.8. The van der Waals surface area contributed by atoms with Gasteiger partial charge in [-0.1, -0.05) is 40.5 Å². The lowest BCUT2D eigenvalue weighted by molar-refractivity contribution is 0.783. The molecule has 3 heteroatoms. The van der Waals surface area contributed by atoms with Crippen molar-refractivity contribution in [2.45, 2.75) is 99.3 Å². The van der Waals surface area contributed by atoms with E-state index in [4.69, 9.17) is 4.99 Å². The van der Waals surface area contributed by atoms with Crippen molar-refractivity contribution in [2.24, 2.45) is 4.99 Å². The molecule has 0 aliphatic carbocycles. The van der Waals surface area contributed by atoms with Crippen LogP contribution in [0.1, 0.15) is 112 Å². The molecule has 0 saturated carbocycles. The predicted molar refractivity (Wildman–Crippen MR) is 143 cm³/mol. The van der Waals surface area contributed by atoms with E-state index in [1.807, 2.05) is 0 Å². The van der Waals surface area contributed by atoms with E-state index in [9.17, 15) is 0 Å². The molecule has 0 unspecified atom stereocenters. The molecule has 2 aliphatic rings. The number of H-pyrrole nitrogens is 2. The maximum Gasteiger partial charge on any atom is 0.0693 e. The molecule has 4 rings (SSSR count). The average Bonchev–Trinajstić information content (AvgIpc) is 3.40. The van der Waals surface area contributed by atoms with Gasteiger partial charge in [0.1, 0.15) is 0 Å². The van der Waals surface area contributed by atoms with Crippen molar-refractivity contribution in [1.29, 1.82) is 0 Å². The smallest absolute Gasteiger partial charge is 0.0693 e. The van der Waals surface area contributed by atoms with Crippen molar-refractivity contribution in [1.82, 2.24) is 9.97 Å². The maximum atomic E-state index is 5.14. The molecule has 3 nitrogen and oxygen atoms in total. The summed E-state index contributed by atoms with van der Waals surface area (Å²) in [6.07, 6.45) is 16.9. The fraction of sp³-hybridized carbons (Fsp3) is 0.500. The summed E-state index contributed by atoms with van der Waals surface area (Å²) in [5.74, 6) is 0. The maximum absolute atomic E-state index is 5.14. The lowest BCUT2D eigenvalue weighted by Crippen LogP contribution is -1.99. The van der Waals surface area contributed by atoms with Crippen LogP contribution in [-0.2, 0) is 25.7 Å². The van der Waals surface area contributed by atoms with Gasteiger partial charge < -0.3 is 9.97 Å². The SMILES string of the molecule is CCCCC1=C(C)C2=NC/1=C\c1[nH]c(c(CC)c1CC)Cc1[nH]c(c(C)c1CCCC)/C=C\2. The highest BCUT2D eigenvalue weighted by molar-refractivity contribution is 6.14. The van der Waals surface area contributed by atoms with Gasteiger partial charge in [0, 0.05) is 29.2 Å². The zero-order valence-electron chi connectivity index (χ0n) is 21.5. The Kier molecular flexibility index (Phi) is 7.26. The summed E-state index contributed by atoms with van der Waals surface area (Å²) in [6, 6.07) is 0. The largest absolute Gasteiger partial charge is 0.358 e. The van der Waals surface area contributed by atoms with E-state index in [2.05, 4.69) is 69.7 Å². The predicted octanol–water partition coefficient (Wildman–Crippen LogP) is 8.04. The number of fused-ring (bicyclic) bond motifs is 5. The van der Waals surface area contributed by atoms with Crippen molar-refractivity contribution in [2.75, 3.05) is 0 Å². The summed E-state index contributed by atoms with van der Waals surface area (Å²) in [7, 11) is 0. The van der Waals surface area contributed by atoms with Crippen molar-refractivity contribution < 1.29 is 0 Å². The normalized spacial score (nSPS) is 17.9. The van der Waals surface area contributed by atoms with Crippen molar-refractivity contribution >= 4 is 17.9 Å². The first-order valence-electron chi connectivity index (χ1n) is 13.1. The number of aliphatic imine (C=N–C) groups is 1. The van der Waals surface area contributed by atoms with Crippen LogP contribution in [0.4, 0.5) is 0 Å². The fourth-order valence-electron chi connectivity index (χ4n) is 5.55. The molecule has 6 bridgehead atoms. The molecule has 0 amide bonds. The fourth-order valence-corrected chi connectivity index (χ4v) is 5.55. The molecule has 0 atom stereocenters. The Bertz CT molecular complexity index is 1140. The van der Waals surface area contributed by atoms with E-state index in [0.29, 0.717) is 0 Å². The van der Waals surface area contributed by atoms with Crippen LogP contribution in [0.3, 0.4) is 0 Å². The van der Waals surface area contributed by atoms with Crippen LogP contribution in [-0.4, -0.2) is 15.7 Å². The van der Waals surface area contributed by atoms with Gasteiger partial charge in [0.25, 0.3) is 0 Å². The van der Waals surface area contributed by atoms with Crippen LogP contribution in [0.25, 0.3) is 12.2 Å². The molecular weight excluding hydrogens is 402 g/mol. The van der Waals surface area contributed by atoms with Gasteiger partial charge in [-0.25, -0.2) is 4.99 Å². The Morgan fingerprint density at radius 1 is 0.788 bits per heavy atom. The van der Waals surface area contributed by atoms with Gasteiger partial charge in [-0.3, -0.25) is 0 Å². The molecule has 2 aromatic rings.